The van der Waals surface area contributed by atoms with Crippen LogP contribution in [0.2, 0.25) is 0 Å². The van der Waals surface area contributed by atoms with E-state index in [1.165, 1.54) is 11.3 Å². The van der Waals surface area contributed by atoms with Crippen molar-refractivity contribution < 1.29 is 9.47 Å². The van der Waals surface area contributed by atoms with Gasteiger partial charge in [0, 0.05) is 37.8 Å². The number of halogens is 1. The van der Waals surface area contributed by atoms with Gasteiger partial charge in [0.2, 0.25) is 0 Å². The second kappa shape index (κ2) is 7.58. The van der Waals surface area contributed by atoms with Crippen molar-refractivity contribution in [3.8, 4) is 0 Å². The average Bonchev–Trinajstić information content (AvgIpc) is 2.42. The van der Waals surface area contributed by atoms with Gasteiger partial charge in [0.05, 0.1) is 24.5 Å². The minimum absolute atomic E-state index is 0.0852. The predicted octanol–water partition coefficient (Wildman–Crippen LogP) is 2.80. The molecule has 0 aromatic heterocycles. The van der Waals surface area contributed by atoms with Crippen LogP contribution in [-0.4, -0.2) is 45.6 Å². The second-order valence-corrected chi connectivity index (χ2v) is 6.84. The molecule has 1 heterocycles. The lowest BCUT2D eigenvalue weighted by molar-refractivity contribution is -0.0277. The Labute approximate surface area is 135 Å². The van der Waals surface area contributed by atoms with Crippen molar-refractivity contribution in [3.63, 3.8) is 0 Å². The first-order chi connectivity index (χ1) is 10.0. The minimum Gasteiger partial charge on any atom is -0.383 e. The highest BCUT2D eigenvalue weighted by Crippen LogP contribution is 2.30. The first-order valence-corrected chi connectivity index (χ1v) is 8.18. The lowest BCUT2D eigenvalue weighted by atomic mass is 10.1. The van der Waals surface area contributed by atoms with Crippen molar-refractivity contribution in [3.05, 3.63) is 28.2 Å². The molecule has 0 bridgehead atoms. The smallest absolute Gasteiger partial charge is 0.0801 e. The quantitative estimate of drug-likeness (QED) is 0.794. The van der Waals surface area contributed by atoms with Crippen LogP contribution in [0.15, 0.2) is 22.7 Å². The summed E-state index contributed by atoms with van der Waals surface area (Å²) in [4.78, 5) is 2.38. The second-order valence-electron chi connectivity index (χ2n) is 5.99. The normalized spacial score (nSPS) is 18.0. The zero-order chi connectivity index (χ0) is 15.3. The van der Waals surface area contributed by atoms with Gasteiger partial charge in [-0.3, -0.25) is 0 Å². The molecule has 0 spiro atoms. The number of nitrogens with zero attached hydrogens (tertiary/aromatic N) is 1. The zero-order valence-corrected chi connectivity index (χ0v) is 14.7. The number of nitrogens with one attached hydrogen (secondary N) is 1. The number of benzene rings is 1. The highest BCUT2D eigenvalue weighted by Gasteiger charge is 2.28. The van der Waals surface area contributed by atoms with Crippen molar-refractivity contribution in [1.82, 2.24) is 5.32 Å². The maximum Gasteiger partial charge on any atom is 0.0801 e. The molecule has 0 amide bonds. The molecule has 0 aliphatic carbocycles. The van der Waals surface area contributed by atoms with E-state index in [9.17, 15) is 0 Å². The molecular weight excluding hydrogens is 332 g/mol. The Hall–Kier alpha value is -0.620. The molecule has 21 heavy (non-hydrogen) atoms. The number of hydrogen-bond acceptors (Lipinski definition) is 4. The summed E-state index contributed by atoms with van der Waals surface area (Å²) < 4.78 is 12.0. The number of hydrogen-bond donors (Lipinski definition) is 1. The molecule has 1 aliphatic heterocycles. The molecular formula is C16H25BrN2O2. The summed E-state index contributed by atoms with van der Waals surface area (Å²) in [6.45, 7) is 9.37. The highest BCUT2D eigenvalue weighted by atomic mass is 79.9. The van der Waals surface area contributed by atoms with E-state index >= 15 is 0 Å². The minimum atomic E-state index is -0.0852. The van der Waals surface area contributed by atoms with Crippen LogP contribution in [0.4, 0.5) is 5.69 Å². The predicted molar refractivity (Wildman–Crippen MR) is 90.0 cm³/mol. The molecule has 1 N–H and O–H groups in total. The Morgan fingerprint density at radius 2 is 2.24 bits per heavy atom. The molecule has 5 heteroatoms. The van der Waals surface area contributed by atoms with Crippen LogP contribution in [0, 0.1) is 0 Å². The molecule has 1 fully saturated rings. The van der Waals surface area contributed by atoms with E-state index in [0.717, 1.165) is 43.9 Å². The number of methoxy groups -OCH3 is 1. The zero-order valence-electron chi connectivity index (χ0n) is 13.1. The van der Waals surface area contributed by atoms with Gasteiger partial charge in [-0.1, -0.05) is 6.07 Å². The van der Waals surface area contributed by atoms with Crippen LogP contribution in [0.3, 0.4) is 0 Å². The van der Waals surface area contributed by atoms with Crippen LogP contribution in [-0.2, 0) is 16.0 Å². The van der Waals surface area contributed by atoms with Gasteiger partial charge in [-0.25, -0.2) is 0 Å². The first-order valence-electron chi connectivity index (χ1n) is 7.39. The van der Waals surface area contributed by atoms with Crippen molar-refractivity contribution >= 4 is 21.6 Å². The van der Waals surface area contributed by atoms with Gasteiger partial charge in [-0.05, 0) is 47.5 Å². The Morgan fingerprint density at radius 3 is 2.90 bits per heavy atom. The fourth-order valence-electron chi connectivity index (χ4n) is 2.55. The van der Waals surface area contributed by atoms with Crippen molar-refractivity contribution in [2.24, 2.45) is 0 Å². The summed E-state index contributed by atoms with van der Waals surface area (Å²) in [6, 6.07) is 6.57. The number of anilines is 1. The molecule has 2 rings (SSSR count). The van der Waals surface area contributed by atoms with Crippen LogP contribution in [0.1, 0.15) is 19.4 Å². The number of rotatable bonds is 6. The maximum absolute atomic E-state index is 5.78. The Balaban J connectivity index is 1.98. The molecule has 0 unspecified atom stereocenters. The molecule has 0 saturated carbocycles. The lowest BCUT2D eigenvalue weighted by Gasteiger charge is -2.39. The first kappa shape index (κ1) is 16.7. The fourth-order valence-corrected chi connectivity index (χ4v) is 3.22. The number of morpholine rings is 1. The molecule has 1 aromatic carbocycles. The summed E-state index contributed by atoms with van der Waals surface area (Å²) in [7, 11) is 1.72. The largest absolute Gasteiger partial charge is 0.383 e. The van der Waals surface area contributed by atoms with E-state index in [1.54, 1.807) is 7.11 Å². The summed E-state index contributed by atoms with van der Waals surface area (Å²) in [5.74, 6) is 0. The van der Waals surface area contributed by atoms with Crippen molar-refractivity contribution in [2.75, 3.05) is 44.9 Å². The molecule has 1 aromatic rings. The molecule has 0 atom stereocenters. The molecule has 0 radical (unpaired) electrons. The molecule has 1 saturated heterocycles. The van der Waals surface area contributed by atoms with Gasteiger partial charge in [0.1, 0.15) is 0 Å². The van der Waals surface area contributed by atoms with Crippen LogP contribution >= 0.6 is 15.9 Å². The van der Waals surface area contributed by atoms with E-state index in [-0.39, 0.29) is 5.60 Å². The number of ether oxygens (including phenoxy) is 2. The van der Waals surface area contributed by atoms with Crippen molar-refractivity contribution in [1.29, 1.82) is 0 Å². The Bertz CT molecular complexity index is 466. The van der Waals surface area contributed by atoms with Gasteiger partial charge >= 0.3 is 0 Å². The summed E-state index contributed by atoms with van der Waals surface area (Å²) in [5.41, 5.74) is 2.43. The van der Waals surface area contributed by atoms with Gasteiger partial charge in [-0.2, -0.15) is 0 Å². The summed E-state index contributed by atoms with van der Waals surface area (Å²) in [6.07, 6.45) is 0. The summed E-state index contributed by atoms with van der Waals surface area (Å²) >= 11 is 3.71. The van der Waals surface area contributed by atoms with Crippen LogP contribution in [0.5, 0.6) is 0 Å². The standard InChI is InChI=1S/C16H25BrN2O2/c1-16(2)12-19(7-9-21-16)15-5-4-13(10-14(15)17)11-18-6-8-20-3/h4-5,10,18H,6-9,11-12H2,1-3H3. The SMILES string of the molecule is COCCNCc1ccc(N2CCOC(C)(C)C2)c(Br)c1. The topological polar surface area (TPSA) is 33.7 Å². The average molecular weight is 357 g/mol. The molecule has 1 aliphatic rings. The van der Waals surface area contributed by atoms with E-state index in [2.05, 4.69) is 58.2 Å². The maximum atomic E-state index is 5.78. The third-order valence-corrected chi connectivity index (χ3v) is 4.23. The highest BCUT2D eigenvalue weighted by molar-refractivity contribution is 9.10. The third-order valence-electron chi connectivity index (χ3n) is 3.59. The van der Waals surface area contributed by atoms with Gasteiger partial charge in [0.25, 0.3) is 0 Å². The fraction of sp³-hybridized carbons (Fsp3) is 0.625. The third kappa shape index (κ3) is 4.95. The molecule has 118 valence electrons. The van der Waals surface area contributed by atoms with Gasteiger partial charge in [-0.15, -0.1) is 0 Å². The Kier molecular flexibility index (Phi) is 6.05. The lowest BCUT2D eigenvalue weighted by Crippen LogP contribution is -2.48. The van der Waals surface area contributed by atoms with E-state index in [4.69, 9.17) is 9.47 Å². The van der Waals surface area contributed by atoms with Gasteiger partial charge < -0.3 is 19.7 Å². The molecule has 4 nitrogen and oxygen atoms in total. The van der Waals surface area contributed by atoms with E-state index < -0.39 is 0 Å². The van der Waals surface area contributed by atoms with Gasteiger partial charge in [0.15, 0.2) is 0 Å². The van der Waals surface area contributed by atoms with Crippen LogP contribution in [0.25, 0.3) is 0 Å². The van der Waals surface area contributed by atoms with Crippen molar-refractivity contribution in [2.45, 2.75) is 26.0 Å². The Morgan fingerprint density at radius 1 is 1.43 bits per heavy atom. The monoisotopic (exact) mass is 356 g/mol. The summed E-state index contributed by atoms with van der Waals surface area (Å²) in [5, 5.41) is 3.36. The van der Waals surface area contributed by atoms with E-state index in [1.807, 2.05) is 0 Å². The van der Waals surface area contributed by atoms with Crippen LogP contribution < -0.4 is 10.2 Å². The van der Waals surface area contributed by atoms with E-state index in [0.29, 0.717) is 0 Å².